The van der Waals surface area contributed by atoms with E-state index in [1.165, 1.54) is 0 Å². The molecule has 2 aliphatic heterocycles. The van der Waals surface area contributed by atoms with Crippen LogP contribution in [0.4, 0.5) is 5.69 Å². The molecule has 2 aliphatic rings. The number of benzene rings is 1. The molecule has 0 unspecified atom stereocenters. The van der Waals surface area contributed by atoms with E-state index in [0.717, 1.165) is 16.3 Å². The molecule has 1 aromatic rings. The predicted octanol–water partition coefficient (Wildman–Crippen LogP) is 1.98. The number of morpholine rings is 1. The summed E-state index contributed by atoms with van der Waals surface area (Å²) in [6.07, 6.45) is 0.503. The Labute approximate surface area is 128 Å². The van der Waals surface area contributed by atoms with Crippen LogP contribution in [0.15, 0.2) is 23.1 Å². The number of anilines is 1. The third-order valence-electron chi connectivity index (χ3n) is 3.72. The minimum atomic E-state index is -0.00269. The summed E-state index contributed by atoms with van der Waals surface area (Å²) in [5, 5.41) is 2.88. The second kappa shape index (κ2) is 6.07. The molecule has 1 saturated heterocycles. The molecule has 0 spiro atoms. The van der Waals surface area contributed by atoms with Crippen LogP contribution >= 0.6 is 11.8 Å². The minimum Gasteiger partial charge on any atom is -0.377 e. The van der Waals surface area contributed by atoms with Gasteiger partial charge >= 0.3 is 0 Å². The molecule has 3 rings (SSSR count). The smallest absolute Gasteiger partial charge is 0.254 e. The molecule has 21 heavy (non-hydrogen) atoms. The van der Waals surface area contributed by atoms with E-state index < -0.39 is 0 Å². The molecule has 1 atom stereocenters. The van der Waals surface area contributed by atoms with Crippen LogP contribution in [-0.4, -0.2) is 48.3 Å². The number of rotatable bonds is 1. The summed E-state index contributed by atoms with van der Waals surface area (Å²) in [5.41, 5.74) is 1.36. The minimum absolute atomic E-state index is 0.00269. The predicted molar refractivity (Wildman–Crippen MR) is 81.7 cm³/mol. The highest BCUT2D eigenvalue weighted by Crippen LogP contribution is 2.32. The largest absolute Gasteiger partial charge is 0.377 e. The lowest BCUT2D eigenvalue weighted by Crippen LogP contribution is -2.47. The van der Waals surface area contributed by atoms with Crippen molar-refractivity contribution in [3.8, 4) is 0 Å². The molecular weight excluding hydrogens is 288 g/mol. The fraction of sp³-hybridized carbons (Fsp3) is 0.467. The van der Waals surface area contributed by atoms with Gasteiger partial charge in [0.15, 0.2) is 0 Å². The van der Waals surface area contributed by atoms with Gasteiger partial charge in [-0.15, -0.1) is 11.8 Å². The lowest BCUT2D eigenvalue weighted by Gasteiger charge is -2.33. The number of carbonyl (C=O) groups is 2. The molecule has 1 fully saturated rings. The number of thioether (sulfide) groups is 1. The SMILES string of the molecule is C[C@H]1COCCN1C(=O)c1ccc2c(c1)NC(=O)CCS2. The zero-order chi connectivity index (χ0) is 14.8. The number of amides is 2. The van der Waals surface area contributed by atoms with Gasteiger partial charge in [0.05, 0.1) is 24.9 Å². The lowest BCUT2D eigenvalue weighted by atomic mass is 10.1. The Hall–Kier alpha value is -1.53. The van der Waals surface area contributed by atoms with E-state index in [0.29, 0.717) is 31.7 Å². The third kappa shape index (κ3) is 3.06. The monoisotopic (exact) mass is 306 g/mol. The molecule has 5 nitrogen and oxygen atoms in total. The third-order valence-corrected chi connectivity index (χ3v) is 4.79. The van der Waals surface area contributed by atoms with E-state index in [1.807, 2.05) is 24.0 Å². The Morgan fingerprint density at radius 1 is 1.48 bits per heavy atom. The first-order valence-electron chi connectivity index (χ1n) is 7.10. The highest BCUT2D eigenvalue weighted by Gasteiger charge is 2.25. The molecule has 2 amide bonds. The first-order valence-corrected chi connectivity index (χ1v) is 8.09. The van der Waals surface area contributed by atoms with Crippen LogP contribution < -0.4 is 5.32 Å². The molecule has 0 aliphatic carbocycles. The van der Waals surface area contributed by atoms with Gasteiger partial charge in [-0.3, -0.25) is 9.59 Å². The zero-order valence-electron chi connectivity index (χ0n) is 11.9. The van der Waals surface area contributed by atoms with Crippen molar-refractivity contribution >= 4 is 29.3 Å². The average molecular weight is 306 g/mol. The number of nitrogens with zero attached hydrogens (tertiary/aromatic N) is 1. The second-order valence-electron chi connectivity index (χ2n) is 5.28. The standard InChI is InChI=1S/C15H18N2O3S/c1-10-9-20-6-5-17(10)15(19)11-2-3-13-12(8-11)16-14(18)4-7-21-13/h2-3,8,10H,4-7,9H2,1H3,(H,16,18)/t10-/m0/s1. The summed E-state index contributed by atoms with van der Waals surface area (Å²) in [6.45, 7) is 3.74. The van der Waals surface area contributed by atoms with Crippen molar-refractivity contribution in [2.75, 3.05) is 30.8 Å². The van der Waals surface area contributed by atoms with Crippen molar-refractivity contribution in [1.82, 2.24) is 4.90 Å². The normalized spacial score (nSPS) is 22.2. The number of fused-ring (bicyclic) bond motifs is 1. The Morgan fingerprint density at radius 3 is 3.14 bits per heavy atom. The first-order chi connectivity index (χ1) is 10.1. The van der Waals surface area contributed by atoms with Crippen LogP contribution in [0.5, 0.6) is 0 Å². The summed E-state index contributed by atoms with van der Waals surface area (Å²) >= 11 is 1.64. The fourth-order valence-corrected chi connectivity index (χ4v) is 3.48. The van der Waals surface area contributed by atoms with E-state index >= 15 is 0 Å². The van der Waals surface area contributed by atoms with E-state index in [-0.39, 0.29) is 17.9 Å². The summed E-state index contributed by atoms with van der Waals surface area (Å²) in [4.78, 5) is 27.1. The maximum atomic E-state index is 12.6. The molecule has 0 saturated carbocycles. The Morgan fingerprint density at radius 2 is 2.33 bits per heavy atom. The van der Waals surface area contributed by atoms with Gasteiger partial charge in [-0.05, 0) is 25.1 Å². The summed E-state index contributed by atoms with van der Waals surface area (Å²) in [5.74, 6) is 0.773. The van der Waals surface area contributed by atoms with Crippen molar-refractivity contribution < 1.29 is 14.3 Å². The Kier molecular flexibility index (Phi) is 4.17. The van der Waals surface area contributed by atoms with E-state index in [1.54, 1.807) is 17.8 Å². The van der Waals surface area contributed by atoms with Crippen LogP contribution in [-0.2, 0) is 9.53 Å². The van der Waals surface area contributed by atoms with E-state index in [4.69, 9.17) is 4.74 Å². The van der Waals surface area contributed by atoms with Gasteiger partial charge in [-0.2, -0.15) is 0 Å². The summed E-state index contributed by atoms with van der Waals surface area (Å²) < 4.78 is 5.36. The van der Waals surface area contributed by atoms with Crippen molar-refractivity contribution in [1.29, 1.82) is 0 Å². The molecule has 0 aromatic heterocycles. The lowest BCUT2D eigenvalue weighted by molar-refractivity contribution is -0.115. The van der Waals surface area contributed by atoms with Crippen LogP contribution in [0.2, 0.25) is 0 Å². The Balaban J connectivity index is 1.85. The molecule has 0 bridgehead atoms. The van der Waals surface area contributed by atoms with Gasteiger partial charge < -0.3 is 15.0 Å². The molecule has 6 heteroatoms. The molecule has 0 radical (unpaired) electrons. The van der Waals surface area contributed by atoms with Crippen molar-refractivity contribution in [3.63, 3.8) is 0 Å². The first kappa shape index (κ1) is 14.4. The van der Waals surface area contributed by atoms with Crippen LogP contribution in [0.25, 0.3) is 0 Å². The maximum Gasteiger partial charge on any atom is 0.254 e. The highest BCUT2D eigenvalue weighted by atomic mass is 32.2. The van der Waals surface area contributed by atoms with E-state index in [2.05, 4.69) is 5.32 Å². The number of carbonyl (C=O) groups excluding carboxylic acids is 2. The summed E-state index contributed by atoms with van der Waals surface area (Å²) in [7, 11) is 0. The van der Waals surface area contributed by atoms with Gasteiger partial charge in [-0.1, -0.05) is 0 Å². The van der Waals surface area contributed by atoms with Crippen LogP contribution in [0, 0.1) is 0 Å². The van der Waals surface area contributed by atoms with Gasteiger partial charge in [0.2, 0.25) is 5.91 Å². The van der Waals surface area contributed by atoms with Gasteiger partial charge in [0.25, 0.3) is 5.91 Å². The maximum absolute atomic E-state index is 12.6. The quantitative estimate of drug-likeness (QED) is 0.862. The molecular formula is C15H18N2O3S. The average Bonchev–Trinajstić information content (AvgIpc) is 2.66. The highest BCUT2D eigenvalue weighted by molar-refractivity contribution is 7.99. The molecule has 1 aromatic carbocycles. The van der Waals surface area contributed by atoms with Crippen LogP contribution in [0.3, 0.4) is 0 Å². The zero-order valence-corrected chi connectivity index (χ0v) is 12.7. The Bertz CT molecular complexity index is 576. The van der Waals surface area contributed by atoms with Gasteiger partial charge in [0.1, 0.15) is 0 Å². The topological polar surface area (TPSA) is 58.6 Å². The fourth-order valence-electron chi connectivity index (χ4n) is 2.55. The molecule has 1 N–H and O–H groups in total. The number of ether oxygens (including phenoxy) is 1. The van der Waals surface area contributed by atoms with Crippen molar-refractivity contribution in [2.24, 2.45) is 0 Å². The van der Waals surface area contributed by atoms with Gasteiger partial charge in [0, 0.05) is 29.2 Å². The summed E-state index contributed by atoms with van der Waals surface area (Å²) in [6, 6.07) is 5.63. The number of nitrogens with one attached hydrogen (secondary N) is 1. The van der Waals surface area contributed by atoms with Crippen LogP contribution in [0.1, 0.15) is 23.7 Å². The molecule has 2 heterocycles. The van der Waals surface area contributed by atoms with Gasteiger partial charge in [-0.25, -0.2) is 0 Å². The number of hydrogen-bond acceptors (Lipinski definition) is 4. The number of hydrogen-bond donors (Lipinski definition) is 1. The van der Waals surface area contributed by atoms with E-state index in [9.17, 15) is 9.59 Å². The van der Waals surface area contributed by atoms with Crippen molar-refractivity contribution in [2.45, 2.75) is 24.3 Å². The molecule has 112 valence electrons. The van der Waals surface area contributed by atoms with Crippen molar-refractivity contribution in [3.05, 3.63) is 23.8 Å². The second-order valence-corrected chi connectivity index (χ2v) is 6.42.